The van der Waals surface area contributed by atoms with Crippen LogP contribution in [0.15, 0.2) is 41.0 Å². The number of aromatic nitrogens is 2. The first kappa shape index (κ1) is 12.2. The summed E-state index contributed by atoms with van der Waals surface area (Å²) in [6.45, 7) is 4.15. The van der Waals surface area contributed by atoms with Crippen LogP contribution in [0.25, 0.3) is 16.9 Å². The van der Waals surface area contributed by atoms with Crippen LogP contribution in [0, 0.1) is 13.8 Å². The fraction of sp³-hybridized carbons (Fsp3) is 0.133. The van der Waals surface area contributed by atoms with Gasteiger partial charge in [0.05, 0.1) is 0 Å². The maximum Gasteiger partial charge on any atom is 0.139 e. The van der Waals surface area contributed by atoms with Crippen molar-refractivity contribution in [2.45, 2.75) is 13.8 Å². The minimum absolute atomic E-state index is 0.671. The second kappa shape index (κ2) is 4.38. The molecule has 2 N–H and O–H groups in total. The van der Waals surface area contributed by atoms with Gasteiger partial charge in [-0.2, -0.15) is 0 Å². The second-order valence-electron chi connectivity index (χ2n) is 4.74. The summed E-state index contributed by atoms with van der Waals surface area (Å²) in [6, 6.07) is 10.2. The molecular weight excluding hydrogens is 302 g/mol. The van der Waals surface area contributed by atoms with Crippen molar-refractivity contribution >= 4 is 27.4 Å². The molecule has 3 rings (SSSR count). The van der Waals surface area contributed by atoms with E-state index in [-0.39, 0.29) is 0 Å². The van der Waals surface area contributed by atoms with Crippen molar-refractivity contribution in [3.05, 3.63) is 52.1 Å². The van der Waals surface area contributed by atoms with Crippen LogP contribution >= 0.6 is 15.9 Å². The van der Waals surface area contributed by atoms with Crippen LogP contribution in [0.3, 0.4) is 0 Å². The minimum Gasteiger partial charge on any atom is -0.383 e. The summed E-state index contributed by atoms with van der Waals surface area (Å²) in [5.41, 5.74) is 11.4. The summed E-state index contributed by atoms with van der Waals surface area (Å²) < 4.78 is 2.89. The number of aryl methyl sites for hydroxylation is 2. The van der Waals surface area contributed by atoms with Crippen LogP contribution in [0.1, 0.15) is 11.1 Å². The highest BCUT2D eigenvalue weighted by atomic mass is 79.9. The molecule has 0 unspecified atom stereocenters. The Bertz CT molecular complexity index is 774. The summed E-state index contributed by atoms with van der Waals surface area (Å²) in [7, 11) is 0. The molecule has 3 aromatic rings. The molecule has 0 aliphatic rings. The van der Waals surface area contributed by atoms with E-state index in [1.54, 1.807) is 0 Å². The van der Waals surface area contributed by atoms with E-state index >= 15 is 0 Å². The van der Waals surface area contributed by atoms with Gasteiger partial charge in [-0.3, -0.25) is 4.40 Å². The van der Waals surface area contributed by atoms with Crippen LogP contribution in [0.5, 0.6) is 0 Å². The third-order valence-electron chi connectivity index (χ3n) is 3.27. The molecule has 0 aliphatic heterocycles. The number of hydrogen-bond donors (Lipinski definition) is 1. The molecule has 2 aromatic heterocycles. The van der Waals surface area contributed by atoms with Gasteiger partial charge in [-0.1, -0.05) is 17.7 Å². The number of nitrogen functional groups attached to an aromatic ring is 1. The molecule has 0 saturated carbocycles. The van der Waals surface area contributed by atoms with Gasteiger partial charge in [-0.05, 0) is 53.5 Å². The number of pyridine rings is 1. The monoisotopic (exact) mass is 315 g/mol. The SMILES string of the molecule is Cc1ccc(C)c(-c2nc3ccc(Br)cn3c2N)c1. The van der Waals surface area contributed by atoms with Gasteiger partial charge in [-0.25, -0.2) is 4.98 Å². The smallest absolute Gasteiger partial charge is 0.139 e. The van der Waals surface area contributed by atoms with E-state index in [2.05, 4.69) is 53.0 Å². The van der Waals surface area contributed by atoms with Crippen LogP contribution in [-0.4, -0.2) is 9.38 Å². The van der Waals surface area contributed by atoms with Gasteiger partial charge in [0.15, 0.2) is 0 Å². The topological polar surface area (TPSA) is 43.3 Å². The summed E-state index contributed by atoms with van der Waals surface area (Å²) in [5.74, 6) is 0.671. The lowest BCUT2D eigenvalue weighted by molar-refractivity contribution is 1.18. The molecule has 0 saturated heterocycles. The average molecular weight is 316 g/mol. The molecule has 0 radical (unpaired) electrons. The third kappa shape index (κ3) is 2.02. The van der Waals surface area contributed by atoms with Crippen molar-refractivity contribution < 1.29 is 0 Å². The fourth-order valence-corrected chi connectivity index (χ4v) is 2.56. The predicted octanol–water partition coefficient (Wildman–Crippen LogP) is 3.96. The van der Waals surface area contributed by atoms with Crippen molar-refractivity contribution in [2.24, 2.45) is 0 Å². The molecule has 3 nitrogen and oxygen atoms in total. The Morgan fingerprint density at radius 3 is 2.74 bits per heavy atom. The summed E-state index contributed by atoms with van der Waals surface area (Å²) in [5, 5.41) is 0. The normalized spacial score (nSPS) is 11.1. The number of fused-ring (bicyclic) bond motifs is 1. The third-order valence-corrected chi connectivity index (χ3v) is 3.74. The predicted molar refractivity (Wildman–Crippen MR) is 82.2 cm³/mol. The molecule has 0 aliphatic carbocycles. The van der Waals surface area contributed by atoms with Crippen molar-refractivity contribution in [1.29, 1.82) is 0 Å². The zero-order valence-corrected chi connectivity index (χ0v) is 12.4. The number of benzene rings is 1. The van der Waals surface area contributed by atoms with Crippen LogP contribution in [-0.2, 0) is 0 Å². The number of halogens is 1. The van der Waals surface area contributed by atoms with Crippen molar-refractivity contribution in [3.8, 4) is 11.3 Å². The Labute approximate surface area is 120 Å². The number of rotatable bonds is 1. The standard InChI is InChI=1S/C15H14BrN3/c1-9-3-4-10(2)12(7-9)14-15(17)19-8-11(16)5-6-13(19)18-14/h3-8H,17H2,1-2H3. The van der Waals surface area contributed by atoms with E-state index in [9.17, 15) is 0 Å². The maximum absolute atomic E-state index is 6.24. The molecule has 0 spiro atoms. The molecule has 0 atom stereocenters. The fourth-order valence-electron chi connectivity index (χ4n) is 2.23. The zero-order chi connectivity index (χ0) is 13.6. The van der Waals surface area contributed by atoms with Gasteiger partial charge >= 0.3 is 0 Å². The number of anilines is 1. The number of nitrogens with two attached hydrogens (primary N) is 1. The zero-order valence-electron chi connectivity index (χ0n) is 10.8. The maximum atomic E-state index is 6.24. The largest absolute Gasteiger partial charge is 0.383 e. The van der Waals surface area contributed by atoms with Crippen LogP contribution < -0.4 is 5.73 Å². The first-order chi connectivity index (χ1) is 9.06. The molecule has 0 bridgehead atoms. The van der Waals surface area contributed by atoms with E-state index < -0.39 is 0 Å². The summed E-state index contributed by atoms with van der Waals surface area (Å²) in [4.78, 5) is 4.64. The van der Waals surface area contributed by atoms with Gasteiger partial charge in [0.2, 0.25) is 0 Å². The Hall–Kier alpha value is -1.81. The van der Waals surface area contributed by atoms with Crippen molar-refractivity contribution in [3.63, 3.8) is 0 Å². The lowest BCUT2D eigenvalue weighted by Crippen LogP contribution is -1.95. The van der Waals surface area contributed by atoms with Crippen LogP contribution in [0.2, 0.25) is 0 Å². The highest BCUT2D eigenvalue weighted by Crippen LogP contribution is 2.30. The summed E-state index contributed by atoms with van der Waals surface area (Å²) >= 11 is 3.45. The quantitative estimate of drug-likeness (QED) is 0.738. The average Bonchev–Trinajstić information content (AvgIpc) is 2.70. The molecule has 0 fully saturated rings. The highest BCUT2D eigenvalue weighted by Gasteiger charge is 2.13. The van der Waals surface area contributed by atoms with Gasteiger partial charge in [0.25, 0.3) is 0 Å². The molecule has 1 aromatic carbocycles. The Morgan fingerprint density at radius 2 is 1.95 bits per heavy atom. The number of hydrogen-bond acceptors (Lipinski definition) is 2. The molecule has 96 valence electrons. The Balaban J connectivity index is 2.31. The van der Waals surface area contributed by atoms with Gasteiger partial charge < -0.3 is 5.73 Å². The first-order valence-electron chi connectivity index (χ1n) is 6.07. The highest BCUT2D eigenvalue weighted by molar-refractivity contribution is 9.10. The Kier molecular flexibility index (Phi) is 2.82. The number of imidazole rings is 1. The summed E-state index contributed by atoms with van der Waals surface area (Å²) in [6.07, 6.45) is 1.94. The molecule has 19 heavy (non-hydrogen) atoms. The number of nitrogens with zero attached hydrogens (tertiary/aromatic N) is 2. The van der Waals surface area contributed by atoms with E-state index in [0.29, 0.717) is 5.82 Å². The minimum atomic E-state index is 0.671. The van der Waals surface area contributed by atoms with E-state index in [1.807, 2.05) is 22.7 Å². The Morgan fingerprint density at radius 1 is 1.16 bits per heavy atom. The lowest BCUT2D eigenvalue weighted by atomic mass is 10.0. The second-order valence-corrected chi connectivity index (χ2v) is 5.66. The van der Waals surface area contributed by atoms with Crippen molar-refractivity contribution in [1.82, 2.24) is 9.38 Å². The van der Waals surface area contributed by atoms with Gasteiger partial charge in [0, 0.05) is 16.2 Å². The lowest BCUT2D eigenvalue weighted by Gasteiger charge is -2.05. The molecule has 0 amide bonds. The van der Waals surface area contributed by atoms with Crippen LogP contribution in [0.4, 0.5) is 5.82 Å². The molecule has 2 heterocycles. The van der Waals surface area contributed by atoms with Gasteiger partial charge in [-0.15, -0.1) is 0 Å². The van der Waals surface area contributed by atoms with Gasteiger partial charge in [0.1, 0.15) is 17.2 Å². The van der Waals surface area contributed by atoms with E-state index in [4.69, 9.17) is 5.73 Å². The first-order valence-corrected chi connectivity index (χ1v) is 6.86. The molecule has 4 heteroatoms. The van der Waals surface area contributed by atoms with Crippen molar-refractivity contribution in [2.75, 3.05) is 5.73 Å². The molecular formula is C15H14BrN3. The van der Waals surface area contributed by atoms with E-state index in [1.165, 1.54) is 11.1 Å². The van der Waals surface area contributed by atoms with E-state index in [0.717, 1.165) is 21.4 Å².